The molecule has 1 saturated carbocycles. The van der Waals surface area contributed by atoms with E-state index in [1.807, 2.05) is 41.5 Å². The third-order valence-corrected chi connectivity index (χ3v) is 7.07. The number of hydrogen-bond acceptors (Lipinski definition) is 5. The minimum atomic E-state index is 0.527. The number of benzene rings is 1. The lowest BCUT2D eigenvalue weighted by atomic mass is 10.1. The molecule has 34 heavy (non-hydrogen) atoms. The summed E-state index contributed by atoms with van der Waals surface area (Å²) >= 11 is 6.57. The minimum Gasteiger partial charge on any atom is -0.368 e. The van der Waals surface area contributed by atoms with Gasteiger partial charge in [0.15, 0.2) is 0 Å². The topological polar surface area (TPSA) is 65.9 Å². The van der Waals surface area contributed by atoms with Crippen molar-refractivity contribution in [3.05, 3.63) is 78.4 Å². The zero-order valence-electron chi connectivity index (χ0n) is 18.9. The number of nitrogens with zero attached hydrogens (tertiary/aromatic N) is 6. The van der Waals surface area contributed by atoms with Crippen LogP contribution in [0.25, 0.3) is 33.6 Å². The Balaban J connectivity index is 1.16. The summed E-state index contributed by atoms with van der Waals surface area (Å²) in [6, 6.07) is 10.6. The molecule has 2 fully saturated rings. The van der Waals surface area contributed by atoms with Crippen molar-refractivity contribution in [1.29, 1.82) is 0 Å². The number of piperazine rings is 1. The van der Waals surface area contributed by atoms with E-state index in [9.17, 15) is 0 Å². The van der Waals surface area contributed by atoms with Gasteiger partial charge in [0, 0.05) is 55.2 Å². The highest BCUT2D eigenvalue weighted by Crippen LogP contribution is 2.34. The molecule has 0 unspecified atom stereocenters. The van der Waals surface area contributed by atoms with Crippen LogP contribution < -0.4 is 0 Å². The van der Waals surface area contributed by atoms with Crippen LogP contribution in [-0.2, 0) is 0 Å². The summed E-state index contributed by atoms with van der Waals surface area (Å²) in [4.78, 5) is 12.5. The molecule has 0 radical (unpaired) electrons. The first kappa shape index (κ1) is 21.0. The van der Waals surface area contributed by atoms with Crippen LogP contribution in [0.5, 0.6) is 0 Å². The first-order valence-electron chi connectivity index (χ1n) is 11.6. The molecule has 1 aliphatic carbocycles. The Morgan fingerprint density at radius 2 is 1.76 bits per heavy atom. The first-order valence-corrected chi connectivity index (χ1v) is 12.0. The molecule has 1 saturated heterocycles. The fourth-order valence-electron chi connectivity index (χ4n) is 4.51. The highest BCUT2D eigenvalue weighted by molar-refractivity contribution is 6.35. The molecule has 1 N–H and O–H groups in total. The molecule has 3 aromatic heterocycles. The van der Waals surface area contributed by atoms with E-state index in [0.717, 1.165) is 71.0 Å². The van der Waals surface area contributed by atoms with Crippen molar-refractivity contribution in [2.45, 2.75) is 18.9 Å². The van der Waals surface area contributed by atoms with Crippen LogP contribution in [0.1, 0.15) is 30.1 Å². The van der Waals surface area contributed by atoms with Crippen molar-refractivity contribution >= 4 is 33.9 Å². The Labute approximate surface area is 203 Å². The number of halogens is 1. The number of hydrogen-bond donors (Lipinski definition) is 1. The zero-order valence-corrected chi connectivity index (χ0v) is 19.7. The lowest BCUT2D eigenvalue weighted by molar-refractivity contribution is 0.239. The van der Waals surface area contributed by atoms with Crippen LogP contribution in [0.2, 0.25) is 5.02 Å². The van der Waals surface area contributed by atoms with Crippen molar-refractivity contribution in [3.63, 3.8) is 0 Å². The summed E-state index contributed by atoms with van der Waals surface area (Å²) in [6.45, 7) is 12.1. The molecule has 7 nitrogen and oxygen atoms in total. The van der Waals surface area contributed by atoms with Gasteiger partial charge < -0.3 is 14.8 Å². The number of aromatic amines is 1. The smallest absolute Gasteiger partial charge is 0.128 e. The van der Waals surface area contributed by atoms with Gasteiger partial charge in [0.2, 0.25) is 0 Å². The predicted molar refractivity (Wildman–Crippen MR) is 136 cm³/mol. The van der Waals surface area contributed by atoms with Crippen molar-refractivity contribution in [2.75, 3.05) is 26.2 Å². The van der Waals surface area contributed by atoms with Crippen molar-refractivity contribution in [2.24, 2.45) is 0 Å². The second-order valence-electron chi connectivity index (χ2n) is 9.00. The molecular weight excluding hydrogens is 446 g/mol. The fraction of sp³-hybridized carbons (Fsp3) is 0.269. The van der Waals surface area contributed by atoms with E-state index >= 15 is 0 Å². The number of nitrogens with one attached hydrogen (secondary N) is 1. The van der Waals surface area contributed by atoms with E-state index in [4.69, 9.17) is 16.6 Å². The predicted octanol–water partition coefficient (Wildman–Crippen LogP) is 5.07. The van der Waals surface area contributed by atoms with Gasteiger partial charge in [-0.2, -0.15) is 0 Å². The third kappa shape index (κ3) is 3.86. The van der Waals surface area contributed by atoms with E-state index in [-0.39, 0.29) is 0 Å². The summed E-state index contributed by atoms with van der Waals surface area (Å²) in [5, 5.41) is 10.2. The van der Waals surface area contributed by atoms with Gasteiger partial charge in [0.25, 0.3) is 0 Å². The van der Waals surface area contributed by atoms with E-state index in [2.05, 4.69) is 50.4 Å². The standard InChI is InChI=1S/C26H26ClN7/c1-17(19-3-6-22-23(27)14-24(29-25(22)13-19)20-7-8-28-15-20)32-9-11-33(12-10-32)18(2)26-16-34(31-30-26)21-4-5-21/h3,6-8,13-16,21,28H,1-2,4-5,9-12H2. The van der Waals surface area contributed by atoms with Crippen molar-refractivity contribution in [1.82, 2.24) is 34.8 Å². The molecule has 4 heterocycles. The molecule has 1 aromatic carbocycles. The third-order valence-electron chi connectivity index (χ3n) is 6.76. The van der Waals surface area contributed by atoms with E-state index < -0.39 is 0 Å². The Morgan fingerprint density at radius 1 is 1.00 bits per heavy atom. The normalized spacial score (nSPS) is 16.3. The second-order valence-corrected chi connectivity index (χ2v) is 9.41. The first-order chi connectivity index (χ1) is 16.6. The zero-order chi connectivity index (χ0) is 23.2. The van der Waals surface area contributed by atoms with Gasteiger partial charge in [-0.3, -0.25) is 0 Å². The number of H-pyrrole nitrogens is 1. The lowest BCUT2D eigenvalue weighted by Gasteiger charge is -2.38. The Morgan fingerprint density at radius 3 is 2.47 bits per heavy atom. The van der Waals surface area contributed by atoms with Crippen LogP contribution >= 0.6 is 11.6 Å². The minimum absolute atomic E-state index is 0.527. The summed E-state index contributed by atoms with van der Waals surface area (Å²) in [6.07, 6.45) is 8.23. The molecular formula is C26H26ClN7. The summed E-state index contributed by atoms with van der Waals surface area (Å²) in [5.74, 6) is 0. The van der Waals surface area contributed by atoms with Gasteiger partial charge in [-0.05, 0) is 36.6 Å². The summed E-state index contributed by atoms with van der Waals surface area (Å²) < 4.78 is 1.97. The summed E-state index contributed by atoms with van der Waals surface area (Å²) in [5.41, 5.74) is 6.61. The molecule has 0 bridgehead atoms. The fourth-order valence-corrected chi connectivity index (χ4v) is 4.78. The average molecular weight is 472 g/mol. The highest BCUT2D eigenvalue weighted by Gasteiger charge is 2.26. The number of fused-ring (bicyclic) bond motifs is 1. The van der Waals surface area contributed by atoms with Crippen LogP contribution in [0.4, 0.5) is 0 Å². The number of rotatable bonds is 6. The Hall–Kier alpha value is -3.58. The van der Waals surface area contributed by atoms with Gasteiger partial charge in [0.1, 0.15) is 5.69 Å². The van der Waals surface area contributed by atoms with Crippen LogP contribution in [0, 0.1) is 0 Å². The number of aromatic nitrogens is 5. The molecule has 4 aromatic rings. The van der Waals surface area contributed by atoms with Crippen LogP contribution in [-0.4, -0.2) is 60.9 Å². The highest BCUT2D eigenvalue weighted by atomic mass is 35.5. The molecule has 1 aliphatic heterocycles. The van der Waals surface area contributed by atoms with Crippen molar-refractivity contribution < 1.29 is 0 Å². The summed E-state index contributed by atoms with van der Waals surface area (Å²) in [7, 11) is 0. The van der Waals surface area contributed by atoms with E-state index in [1.165, 1.54) is 12.8 Å². The molecule has 8 heteroatoms. The van der Waals surface area contributed by atoms with Gasteiger partial charge in [-0.25, -0.2) is 9.67 Å². The molecule has 0 spiro atoms. The van der Waals surface area contributed by atoms with Crippen LogP contribution in [0.3, 0.4) is 0 Å². The maximum atomic E-state index is 6.57. The molecule has 6 rings (SSSR count). The molecule has 172 valence electrons. The Kier molecular flexibility index (Phi) is 5.14. The van der Waals surface area contributed by atoms with Gasteiger partial charge in [0.05, 0.1) is 34.2 Å². The van der Waals surface area contributed by atoms with Crippen LogP contribution in [0.15, 0.2) is 62.1 Å². The lowest BCUT2D eigenvalue weighted by Crippen LogP contribution is -2.44. The van der Waals surface area contributed by atoms with Gasteiger partial charge in [-0.15, -0.1) is 5.10 Å². The molecule has 0 amide bonds. The second kappa shape index (κ2) is 8.33. The quantitative estimate of drug-likeness (QED) is 0.425. The maximum Gasteiger partial charge on any atom is 0.128 e. The van der Waals surface area contributed by atoms with Gasteiger partial charge in [-0.1, -0.05) is 42.1 Å². The van der Waals surface area contributed by atoms with Crippen molar-refractivity contribution in [3.8, 4) is 11.3 Å². The average Bonchev–Trinajstić information content (AvgIpc) is 3.34. The molecule has 0 atom stereocenters. The maximum absolute atomic E-state index is 6.57. The largest absolute Gasteiger partial charge is 0.368 e. The Bertz CT molecular complexity index is 1380. The van der Waals surface area contributed by atoms with Gasteiger partial charge >= 0.3 is 0 Å². The SMILES string of the molecule is C=C(c1ccc2c(Cl)cc(-c3cc[nH]c3)nc2c1)N1CCN(C(=C)c2cn(C3CC3)nn2)CC1. The van der Waals surface area contributed by atoms with E-state index in [0.29, 0.717) is 11.1 Å². The van der Waals surface area contributed by atoms with E-state index in [1.54, 1.807) is 0 Å². The number of pyridine rings is 1. The molecule has 2 aliphatic rings. The monoisotopic (exact) mass is 471 g/mol.